The molecule has 0 saturated carbocycles. The third kappa shape index (κ3) is 6.03. The highest BCUT2D eigenvalue weighted by Gasteiger charge is 2.23. The zero-order chi connectivity index (χ0) is 19.9. The molecule has 1 fully saturated rings. The summed E-state index contributed by atoms with van der Waals surface area (Å²) < 4.78 is 5.45. The van der Waals surface area contributed by atoms with Gasteiger partial charge in [0, 0.05) is 40.7 Å². The summed E-state index contributed by atoms with van der Waals surface area (Å²) in [6.45, 7) is 3.72. The van der Waals surface area contributed by atoms with Gasteiger partial charge < -0.3 is 20.3 Å². The van der Waals surface area contributed by atoms with Crippen LogP contribution >= 0.6 is 23.2 Å². The van der Waals surface area contributed by atoms with Crippen LogP contribution in [0.3, 0.4) is 0 Å². The van der Waals surface area contributed by atoms with E-state index in [1.807, 2.05) is 30.3 Å². The van der Waals surface area contributed by atoms with Gasteiger partial charge in [0.15, 0.2) is 0 Å². The van der Waals surface area contributed by atoms with Crippen molar-refractivity contribution >= 4 is 34.9 Å². The Morgan fingerprint density at radius 3 is 2.61 bits per heavy atom. The topological polar surface area (TPSA) is 54.8 Å². The molecule has 0 bridgehead atoms. The largest absolute Gasteiger partial charge is 0.496 e. The van der Waals surface area contributed by atoms with Crippen molar-refractivity contribution in [3.05, 3.63) is 58.1 Å². The van der Waals surface area contributed by atoms with Crippen LogP contribution in [0.1, 0.15) is 18.4 Å². The Kier molecular flexibility index (Phi) is 7.43. The molecule has 150 valence electrons. The fourth-order valence-electron chi connectivity index (χ4n) is 3.60. The molecule has 1 heterocycles. The van der Waals surface area contributed by atoms with E-state index in [2.05, 4.69) is 10.6 Å². The molecule has 1 aliphatic rings. The highest BCUT2D eigenvalue weighted by molar-refractivity contribution is 6.31. The summed E-state index contributed by atoms with van der Waals surface area (Å²) in [6.07, 6.45) is 2.16. The van der Waals surface area contributed by atoms with Crippen molar-refractivity contribution in [1.29, 1.82) is 0 Å². The van der Waals surface area contributed by atoms with Gasteiger partial charge in [0.05, 0.1) is 20.2 Å². The van der Waals surface area contributed by atoms with Gasteiger partial charge in [-0.25, -0.2) is 4.79 Å². The lowest BCUT2D eigenvalue weighted by Gasteiger charge is -2.29. The zero-order valence-electron chi connectivity index (χ0n) is 15.9. The number of likely N-dealkylation sites (tertiary alicyclic amines) is 1. The molecule has 3 rings (SSSR count). The Morgan fingerprint density at radius 2 is 1.89 bits per heavy atom. The van der Waals surface area contributed by atoms with Crippen LogP contribution in [-0.4, -0.2) is 32.8 Å². The highest BCUT2D eigenvalue weighted by atomic mass is 35.5. The quantitative estimate of drug-likeness (QED) is 0.665. The van der Waals surface area contributed by atoms with Gasteiger partial charge in [-0.05, 0) is 42.3 Å². The molecule has 2 aromatic carbocycles. The molecule has 2 amide bonds. The number of carbonyl (C=O) groups is 1. The van der Waals surface area contributed by atoms with Crippen LogP contribution in [0, 0.1) is 5.92 Å². The van der Waals surface area contributed by atoms with E-state index in [4.69, 9.17) is 27.9 Å². The summed E-state index contributed by atoms with van der Waals surface area (Å²) in [5.41, 5.74) is 1.84. The number of benzene rings is 2. The molecule has 0 atom stereocenters. The number of nitrogens with one attached hydrogen (secondary N) is 3. The monoisotopic (exact) mass is 422 g/mol. The fourth-order valence-corrected chi connectivity index (χ4v) is 3.98. The third-order valence-electron chi connectivity index (χ3n) is 5.13. The molecule has 0 radical (unpaired) electrons. The Bertz CT molecular complexity index is 808. The molecule has 1 aliphatic heterocycles. The Hall–Kier alpha value is -1.95. The van der Waals surface area contributed by atoms with Crippen LogP contribution < -0.4 is 20.3 Å². The van der Waals surface area contributed by atoms with Crippen molar-refractivity contribution in [1.82, 2.24) is 5.32 Å². The van der Waals surface area contributed by atoms with E-state index in [9.17, 15) is 4.79 Å². The average molecular weight is 423 g/mol. The van der Waals surface area contributed by atoms with Gasteiger partial charge in [0.1, 0.15) is 12.3 Å². The minimum Gasteiger partial charge on any atom is -0.496 e. The molecule has 1 saturated heterocycles. The summed E-state index contributed by atoms with van der Waals surface area (Å²) in [4.78, 5) is 13.6. The Labute approximate surface area is 176 Å². The highest BCUT2D eigenvalue weighted by Crippen LogP contribution is 2.22. The lowest BCUT2D eigenvalue weighted by Crippen LogP contribution is -3.11. The lowest BCUT2D eigenvalue weighted by molar-refractivity contribution is -0.919. The van der Waals surface area contributed by atoms with Crippen molar-refractivity contribution in [2.45, 2.75) is 19.4 Å². The number of hydrogen-bond acceptors (Lipinski definition) is 2. The first kappa shape index (κ1) is 20.8. The number of piperidine rings is 1. The number of carbonyl (C=O) groups excluding carboxylic acids is 1. The third-order valence-corrected chi connectivity index (χ3v) is 5.60. The molecule has 0 aromatic heterocycles. The lowest BCUT2D eigenvalue weighted by atomic mass is 9.96. The van der Waals surface area contributed by atoms with E-state index < -0.39 is 0 Å². The first-order valence-electron chi connectivity index (χ1n) is 9.50. The van der Waals surface area contributed by atoms with Crippen LogP contribution in [0.5, 0.6) is 5.75 Å². The SMILES string of the molecule is COc1ccc(Cl)cc1C[NH+]1CCC(CNC(=O)Nc2cccc(Cl)c2)CC1. The van der Waals surface area contributed by atoms with Gasteiger partial charge >= 0.3 is 6.03 Å². The molecular formula is C21H26Cl2N3O2+. The smallest absolute Gasteiger partial charge is 0.319 e. The van der Waals surface area contributed by atoms with E-state index in [0.29, 0.717) is 23.2 Å². The predicted molar refractivity (Wildman–Crippen MR) is 114 cm³/mol. The maximum absolute atomic E-state index is 12.1. The van der Waals surface area contributed by atoms with Crippen molar-refractivity contribution in [2.24, 2.45) is 5.92 Å². The number of anilines is 1. The van der Waals surface area contributed by atoms with Gasteiger partial charge in [0.25, 0.3) is 0 Å². The van der Waals surface area contributed by atoms with Gasteiger partial charge in [0.2, 0.25) is 0 Å². The van der Waals surface area contributed by atoms with Crippen molar-refractivity contribution < 1.29 is 14.4 Å². The fraction of sp³-hybridized carbons (Fsp3) is 0.381. The second-order valence-corrected chi connectivity index (χ2v) is 8.04. The first-order chi connectivity index (χ1) is 13.5. The summed E-state index contributed by atoms with van der Waals surface area (Å²) >= 11 is 12.1. The number of urea groups is 1. The standard InChI is InChI=1S/C21H25Cl2N3O2/c1-28-20-6-5-18(23)11-16(20)14-26-9-7-15(8-10-26)13-24-21(27)25-19-4-2-3-17(22)12-19/h2-6,11-12,15H,7-10,13-14H2,1H3,(H2,24,25,27)/p+1. The van der Waals surface area contributed by atoms with Crippen molar-refractivity contribution in [3.63, 3.8) is 0 Å². The van der Waals surface area contributed by atoms with Crippen LogP contribution in [-0.2, 0) is 6.54 Å². The second-order valence-electron chi connectivity index (χ2n) is 7.17. The number of quaternary nitrogens is 1. The zero-order valence-corrected chi connectivity index (χ0v) is 17.4. The van der Waals surface area contributed by atoms with Gasteiger partial charge in [-0.3, -0.25) is 0 Å². The Morgan fingerprint density at radius 1 is 1.14 bits per heavy atom. The summed E-state index contributed by atoms with van der Waals surface area (Å²) in [5, 5.41) is 7.12. The van der Waals surface area contributed by atoms with E-state index in [0.717, 1.165) is 48.8 Å². The van der Waals surface area contributed by atoms with Crippen molar-refractivity contribution in [3.8, 4) is 5.75 Å². The molecule has 2 aromatic rings. The number of hydrogen-bond donors (Lipinski definition) is 3. The number of rotatable bonds is 6. The van der Waals surface area contributed by atoms with E-state index in [-0.39, 0.29) is 6.03 Å². The van der Waals surface area contributed by atoms with Crippen LogP contribution in [0.15, 0.2) is 42.5 Å². The number of amides is 2. The van der Waals surface area contributed by atoms with E-state index in [1.165, 1.54) is 4.90 Å². The van der Waals surface area contributed by atoms with E-state index in [1.54, 1.807) is 19.2 Å². The van der Waals surface area contributed by atoms with Crippen LogP contribution in [0.2, 0.25) is 10.0 Å². The maximum Gasteiger partial charge on any atom is 0.319 e. The number of halogens is 2. The molecule has 28 heavy (non-hydrogen) atoms. The molecule has 7 heteroatoms. The second kappa shape index (κ2) is 10.0. The van der Waals surface area contributed by atoms with Crippen LogP contribution in [0.4, 0.5) is 10.5 Å². The number of ether oxygens (including phenoxy) is 1. The molecule has 5 nitrogen and oxygen atoms in total. The minimum absolute atomic E-state index is 0.194. The Balaban J connectivity index is 1.42. The maximum atomic E-state index is 12.1. The molecule has 0 unspecified atom stereocenters. The number of methoxy groups -OCH3 is 1. The predicted octanol–water partition coefficient (Wildman–Crippen LogP) is 3.62. The van der Waals surface area contributed by atoms with Crippen molar-refractivity contribution in [2.75, 3.05) is 32.1 Å². The minimum atomic E-state index is -0.194. The van der Waals surface area contributed by atoms with Gasteiger partial charge in [-0.15, -0.1) is 0 Å². The molecule has 0 aliphatic carbocycles. The van der Waals surface area contributed by atoms with Gasteiger partial charge in [-0.2, -0.15) is 0 Å². The van der Waals surface area contributed by atoms with E-state index >= 15 is 0 Å². The molecule has 0 spiro atoms. The van der Waals surface area contributed by atoms with Crippen LogP contribution in [0.25, 0.3) is 0 Å². The molecule has 3 N–H and O–H groups in total. The average Bonchev–Trinajstić information content (AvgIpc) is 2.68. The first-order valence-corrected chi connectivity index (χ1v) is 10.3. The summed E-state index contributed by atoms with van der Waals surface area (Å²) in [5.74, 6) is 1.38. The van der Waals surface area contributed by atoms with Gasteiger partial charge in [-0.1, -0.05) is 29.3 Å². The normalized spacial score (nSPS) is 19.1. The summed E-state index contributed by atoms with van der Waals surface area (Å²) in [6, 6.07) is 12.7. The summed E-state index contributed by atoms with van der Waals surface area (Å²) in [7, 11) is 1.69. The molecular weight excluding hydrogens is 397 g/mol.